The van der Waals surface area contributed by atoms with Crippen molar-refractivity contribution >= 4 is 0 Å². The van der Waals surface area contributed by atoms with Crippen LogP contribution in [0.15, 0.2) is 30.3 Å². The second-order valence-corrected chi connectivity index (χ2v) is 11.1. The molecule has 0 radical (unpaired) electrons. The molecule has 0 amide bonds. The van der Waals surface area contributed by atoms with Gasteiger partial charge in [-0.3, -0.25) is 0 Å². The molecule has 1 nitrogen and oxygen atoms in total. The van der Waals surface area contributed by atoms with Crippen molar-refractivity contribution in [1.82, 2.24) is 0 Å². The fourth-order valence-electron chi connectivity index (χ4n) is 6.14. The molecule has 1 saturated carbocycles. The molecule has 1 fully saturated rings. The van der Waals surface area contributed by atoms with Crippen molar-refractivity contribution in [1.29, 1.82) is 0 Å². The predicted molar refractivity (Wildman–Crippen MR) is 142 cm³/mol. The zero-order valence-corrected chi connectivity index (χ0v) is 22.2. The summed E-state index contributed by atoms with van der Waals surface area (Å²) in [5, 5.41) is 0. The molecule has 2 aromatic rings. The number of benzene rings is 2. The van der Waals surface area contributed by atoms with Crippen LogP contribution >= 0.6 is 0 Å². The highest BCUT2D eigenvalue weighted by Gasteiger charge is 2.44. The Morgan fingerprint density at radius 3 is 2.22 bits per heavy atom. The van der Waals surface area contributed by atoms with Gasteiger partial charge in [0.2, 0.25) is 0 Å². The van der Waals surface area contributed by atoms with E-state index in [0.717, 1.165) is 43.6 Å². The van der Waals surface area contributed by atoms with Crippen molar-refractivity contribution < 1.29 is 17.9 Å². The molecule has 2 aliphatic rings. The number of unbranched alkanes of at least 4 members (excludes halogenated alkanes) is 7. The van der Waals surface area contributed by atoms with E-state index in [-0.39, 0.29) is 11.3 Å². The molecule has 1 heterocycles. The Morgan fingerprint density at radius 1 is 0.806 bits per heavy atom. The second kappa shape index (κ2) is 12.5. The molecule has 198 valence electrons. The Morgan fingerprint density at radius 2 is 1.47 bits per heavy atom. The lowest BCUT2D eigenvalue weighted by atomic mass is 9.76. The third-order valence-corrected chi connectivity index (χ3v) is 8.39. The third kappa shape index (κ3) is 6.29. The maximum atomic E-state index is 15.3. The highest BCUT2D eigenvalue weighted by atomic mass is 19.3. The third-order valence-electron chi connectivity index (χ3n) is 8.39. The van der Waals surface area contributed by atoms with Gasteiger partial charge in [-0.15, -0.1) is 0 Å². The van der Waals surface area contributed by atoms with Gasteiger partial charge in [-0.2, -0.15) is 8.78 Å². The summed E-state index contributed by atoms with van der Waals surface area (Å²) in [6, 6.07) is 8.89. The van der Waals surface area contributed by atoms with Gasteiger partial charge in [-0.05, 0) is 73.1 Å². The van der Waals surface area contributed by atoms with Crippen molar-refractivity contribution in [3.8, 4) is 16.9 Å². The Bertz CT molecular complexity index is 991. The minimum atomic E-state index is -3.53. The maximum absolute atomic E-state index is 15.3. The number of fused-ring (bicyclic) bond motifs is 3. The molecule has 0 unspecified atom stereocenters. The Labute approximate surface area is 215 Å². The van der Waals surface area contributed by atoms with Gasteiger partial charge in [0.05, 0.1) is 5.56 Å². The number of hydrogen-bond donors (Lipinski definition) is 0. The van der Waals surface area contributed by atoms with E-state index in [9.17, 15) is 0 Å². The Kier molecular flexibility index (Phi) is 9.41. The first-order valence-corrected chi connectivity index (χ1v) is 14.5. The highest BCUT2D eigenvalue weighted by Crippen LogP contribution is 2.50. The molecule has 0 saturated heterocycles. The molecule has 36 heavy (non-hydrogen) atoms. The van der Waals surface area contributed by atoms with E-state index in [0.29, 0.717) is 29.0 Å². The van der Waals surface area contributed by atoms with Gasteiger partial charge >= 0.3 is 6.11 Å². The molecule has 1 aliphatic carbocycles. The summed E-state index contributed by atoms with van der Waals surface area (Å²) in [4.78, 5) is 0. The van der Waals surface area contributed by atoms with Gasteiger partial charge in [0.25, 0.3) is 0 Å². The van der Waals surface area contributed by atoms with E-state index in [1.54, 1.807) is 24.3 Å². The fraction of sp³-hybridized carbons (Fsp3) is 0.625. The zero-order chi connectivity index (χ0) is 25.5. The minimum absolute atomic E-state index is 0.124. The minimum Gasteiger partial charge on any atom is -0.425 e. The largest absolute Gasteiger partial charge is 0.427 e. The number of aryl methyl sites for hydroxylation is 1. The first-order valence-electron chi connectivity index (χ1n) is 14.5. The van der Waals surface area contributed by atoms with Crippen LogP contribution in [0, 0.1) is 11.7 Å². The van der Waals surface area contributed by atoms with Crippen molar-refractivity contribution in [2.24, 2.45) is 5.92 Å². The van der Waals surface area contributed by atoms with Crippen molar-refractivity contribution in [2.75, 3.05) is 0 Å². The van der Waals surface area contributed by atoms with Crippen molar-refractivity contribution in [3.63, 3.8) is 0 Å². The normalized spacial score (nSPS) is 20.5. The number of hydrogen-bond acceptors (Lipinski definition) is 1. The fourth-order valence-corrected chi connectivity index (χ4v) is 6.14. The number of rotatable bonds is 12. The topological polar surface area (TPSA) is 9.23 Å². The average Bonchev–Trinajstić information content (AvgIpc) is 2.88. The van der Waals surface area contributed by atoms with E-state index >= 15 is 13.2 Å². The number of halogens is 3. The van der Waals surface area contributed by atoms with Gasteiger partial charge in [0, 0.05) is 5.56 Å². The predicted octanol–water partition coefficient (Wildman–Crippen LogP) is 10.7. The van der Waals surface area contributed by atoms with Crippen LogP contribution in [0.5, 0.6) is 5.75 Å². The Hall–Kier alpha value is -1.97. The quantitative estimate of drug-likeness (QED) is 0.263. The lowest BCUT2D eigenvalue weighted by Gasteiger charge is -2.32. The molecule has 0 N–H and O–H groups in total. The molecule has 0 atom stereocenters. The summed E-state index contributed by atoms with van der Waals surface area (Å²) in [6.45, 7) is 4.41. The van der Waals surface area contributed by atoms with Crippen LogP contribution in [-0.4, -0.2) is 0 Å². The maximum Gasteiger partial charge on any atom is 0.427 e. The van der Waals surface area contributed by atoms with E-state index < -0.39 is 11.9 Å². The second-order valence-electron chi connectivity index (χ2n) is 11.1. The summed E-state index contributed by atoms with van der Waals surface area (Å²) >= 11 is 0. The first kappa shape index (κ1) is 27.1. The Balaban J connectivity index is 1.46. The van der Waals surface area contributed by atoms with Gasteiger partial charge < -0.3 is 4.74 Å². The average molecular weight is 501 g/mol. The van der Waals surface area contributed by atoms with Crippen molar-refractivity contribution in [2.45, 2.75) is 122 Å². The zero-order valence-electron chi connectivity index (χ0n) is 22.2. The van der Waals surface area contributed by atoms with Gasteiger partial charge in [-0.1, -0.05) is 95.9 Å². The van der Waals surface area contributed by atoms with Crippen LogP contribution in [0.25, 0.3) is 11.1 Å². The molecule has 4 heteroatoms. The summed E-state index contributed by atoms with van der Waals surface area (Å²) < 4.78 is 50.8. The SMILES string of the molecule is CCCCCCCCc1ccc2c(c1F)OC(F)(F)c1cc(C3CCC(CCCCC)CC3)ccc1-2. The lowest BCUT2D eigenvalue weighted by Crippen LogP contribution is -2.28. The summed E-state index contributed by atoms with van der Waals surface area (Å²) in [5.41, 5.74) is 2.14. The smallest absolute Gasteiger partial charge is 0.425 e. The van der Waals surface area contributed by atoms with Crippen LogP contribution in [0.4, 0.5) is 13.2 Å². The van der Waals surface area contributed by atoms with E-state index in [4.69, 9.17) is 4.74 Å². The van der Waals surface area contributed by atoms with Crippen LogP contribution in [-0.2, 0) is 12.5 Å². The molecule has 0 spiro atoms. The summed E-state index contributed by atoms with van der Waals surface area (Å²) in [6.07, 6.45) is 13.2. The van der Waals surface area contributed by atoms with Gasteiger partial charge in [0.1, 0.15) is 0 Å². The molecule has 0 aromatic heterocycles. The molecule has 0 bridgehead atoms. The summed E-state index contributed by atoms with van der Waals surface area (Å²) in [7, 11) is 0. The summed E-state index contributed by atoms with van der Waals surface area (Å²) in [5.74, 6) is 0.162. The van der Waals surface area contributed by atoms with E-state index in [2.05, 4.69) is 13.8 Å². The molecule has 4 rings (SSSR count). The van der Waals surface area contributed by atoms with E-state index in [1.807, 2.05) is 6.07 Å². The molecule has 1 aliphatic heterocycles. The molecular formula is C32H43F3O. The monoisotopic (exact) mass is 500 g/mol. The standard InChI is InChI=1S/C32H43F3O/c1-3-5-7-8-9-11-13-25-18-21-28-27-20-19-26(22-29(27)32(34,35)36-31(28)30(25)33)24-16-14-23(15-17-24)12-10-6-4-2/h18-24H,3-17H2,1-2H3. The first-order chi connectivity index (χ1) is 17.4. The van der Waals surface area contributed by atoms with Crippen LogP contribution in [0.3, 0.4) is 0 Å². The molecule has 2 aromatic carbocycles. The van der Waals surface area contributed by atoms with Crippen LogP contribution in [0.2, 0.25) is 0 Å². The van der Waals surface area contributed by atoms with Gasteiger partial charge in [0.15, 0.2) is 11.6 Å². The lowest BCUT2D eigenvalue weighted by molar-refractivity contribution is -0.188. The van der Waals surface area contributed by atoms with Crippen LogP contribution in [0.1, 0.15) is 126 Å². The van der Waals surface area contributed by atoms with Gasteiger partial charge in [-0.25, -0.2) is 4.39 Å². The van der Waals surface area contributed by atoms with Crippen LogP contribution < -0.4 is 4.74 Å². The number of alkyl halides is 2. The highest BCUT2D eigenvalue weighted by molar-refractivity contribution is 5.77. The van der Waals surface area contributed by atoms with E-state index in [1.165, 1.54) is 57.8 Å². The number of ether oxygens (including phenoxy) is 1. The molecular weight excluding hydrogens is 457 g/mol. The van der Waals surface area contributed by atoms with Crippen molar-refractivity contribution in [3.05, 3.63) is 52.8 Å².